The number of aryl methyl sites for hydroxylation is 1. The molecule has 1 aliphatic heterocycles. The minimum Gasteiger partial charge on any atom is -0.357 e. The summed E-state index contributed by atoms with van der Waals surface area (Å²) >= 11 is 0. The summed E-state index contributed by atoms with van der Waals surface area (Å²) in [5, 5.41) is 6.78. The number of aliphatic imine (C=N–C) groups is 1. The first-order chi connectivity index (χ1) is 12.2. The molecule has 1 saturated heterocycles. The summed E-state index contributed by atoms with van der Waals surface area (Å²) in [5.74, 6) is 0.924. The van der Waals surface area contributed by atoms with Crippen LogP contribution in [-0.2, 0) is 6.42 Å². The molecule has 1 unspecified atom stereocenters. The summed E-state index contributed by atoms with van der Waals surface area (Å²) in [4.78, 5) is 11.7. The predicted molar refractivity (Wildman–Crippen MR) is 122 cm³/mol. The maximum Gasteiger partial charge on any atom is 0.191 e. The number of aromatic nitrogens is 1. The second kappa shape index (κ2) is 13.3. The van der Waals surface area contributed by atoms with Crippen molar-refractivity contribution in [1.82, 2.24) is 20.5 Å². The van der Waals surface area contributed by atoms with Crippen LogP contribution in [0.3, 0.4) is 0 Å². The van der Waals surface area contributed by atoms with Gasteiger partial charge in [-0.3, -0.25) is 14.9 Å². The third kappa shape index (κ3) is 8.20. The monoisotopic (exact) mass is 473 g/mol. The molecule has 1 atom stereocenters. The Balaban J connectivity index is 0.00000338. The first kappa shape index (κ1) is 23.1. The molecule has 0 aromatic carbocycles. The average Bonchev–Trinajstić information content (AvgIpc) is 2.64. The maximum atomic E-state index is 4.76. The fraction of sp³-hybridized carbons (Fsp3) is 0.700. The normalized spacial score (nSPS) is 18.3. The van der Waals surface area contributed by atoms with E-state index in [4.69, 9.17) is 4.99 Å². The van der Waals surface area contributed by atoms with E-state index in [1.54, 1.807) is 0 Å². The molecule has 2 N–H and O–H groups in total. The van der Waals surface area contributed by atoms with Crippen molar-refractivity contribution in [3.8, 4) is 0 Å². The lowest BCUT2D eigenvalue weighted by atomic mass is 10.0. The van der Waals surface area contributed by atoms with Crippen molar-refractivity contribution in [3.05, 3.63) is 29.6 Å². The van der Waals surface area contributed by atoms with Gasteiger partial charge in [-0.2, -0.15) is 0 Å². The lowest BCUT2D eigenvalue weighted by molar-refractivity contribution is 0.148. The van der Waals surface area contributed by atoms with Gasteiger partial charge in [-0.15, -0.1) is 24.0 Å². The molecule has 2 rings (SSSR count). The van der Waals surface area contributed by atoms with Crippen molar-refractivity contribution in [2.75, 3.05) is 32.7 Å². The van der Waals surface area contributed by atoms with Crippen LogP contribution < -0.4 is 10.6 Å². The Labute approximate surface area is 176 Å². The Morgan fingerprint density at radius 2 is 2.12 bits per heavy atom. The number of likely N-dealkylation sites (tertiary alicyclic amines) is 1. The molecule has 0 aliphatic carbocycles. The summed E-state index contributed by atoms with van der Waals surface area (Å²) in [6.07, 6.45) is 8.25. The van der Waals surface area contributed by atoms with E-state index in [2.05, 4.69) is 46.5 Å². The summed E-state index contributed by atoms with van der Waals surface area (Å²) in [5.41, 5.74) is 2.32. The standard InChI is InChI=1S/C20H35N5.HI/c1-4-19-8-6-7-14-25(19)15-13-23-20(21-5-2)22-12-11-18-10-9-17(3)24-16-18;/h9-10,16,19H,4-8,11-15H2,1-3H3,(H2,21,22,23);1H. The molecule has 6 heteroatoms. The number of pyridine rings is 1. The van der Waals surface area contributed by atoms with E-state index in [1.807, 2.05) is 13.1 Å². The molecule has 0 radical (unpaired) electrons. The predicted octanol–water partition coefficient (Wildman–Crippen LogP) is 3.37. The zero-order chi connectivity index (χ0) is 17.9. The lowest BCUT2D eigenvalue weighted by Crippen LogP contribution is -2.42. The van der Waals surface area contributed by atoms with E-state index in [-0.39, 0.29) is 24.0 Å². The van der Waals surface area contributed by atoms with E-state index >= 15 is 0 Å². The number of piperidine rings is 1. The largest absolute Gasteiger partial charge is 0.357 e. The Bertz CT molecular complexity index is 517. The second-order valence-corrected chi connectivity index (χ2v) is 6.84. The van der Waals surface area contributed by atoms with Crippen LogP contribution in [0.2, 0.25) is 0 Å². The van der Waals surface area contributed by atoms with Crippen LogP contribution in [0.5, 0.6) is 0 Å². The van der Waals surface area contributed by atoms with Gasteiger partial charge >= 0.3 is 0 Å². The highest BCUT2D eigenvalue weighted by molar-refractivity contribution is 14.0. The van der Waals surface area contributed by atoms with Crippen molar-refractivity contribution in [1.29, 1.82) is 0 Å². The minimum absolute atomic E-state index is 0. The smallest absolute Gasteiger partial charge is 0.191 e. The van der Waals surface area contributed by atoms with Gasteiger partial charge in [0.1, 0.15) is 0 Å². The number of guanidine groups is 1. The van der Waals surface area contributed by atoms with E-state index in [0.717, 1.165) is 50.3 Å². The van der Waals surface area contributed by atoms with E-state index in [1.165, 1.54) is 37.8 Å². The average molecular weight is 473 g/mol. The highest BCUT2D eigenvalue weighted by Gasteiger charge is 2.19. The van der Waals surface area contributed by atoms with E-state index in [9.17, 15) is 0 Å². The molecule has 0 spiro atoms. The fourth-order valence-corrected chi connectivity index (χ4v) is 3.42. The molecular weight excluding hydrogens is 437 g/mol. The van der Waals surface area contributed by atoms with Crippen molar-refractivity contribution in [3.63, 3.8) is 0 Å². The molecular formula is C20H36IN5. The summed E-state index contributed by atoms with van der Waals surface area (Å²) in [7, 11) is 0. The third-order valence-electron chi connectivity index (χ3n) is 4.90. The van der Waals surface area contributed by atoms with Crippen molar-refractivity contribution in [2.45, 2.75) is 58.9 Å². The van der Waals surface area contributed by atoms with Gasteiger partial charge in [-0.1, -0.05) is 19.4 Å². The zero-order valence-electron chi connectivity index (χ0n) is 16.6. The van der Waals surface area contributed by atoms with Crippen molar-refractivity contribution < 1.29 is 0 Å². The van der Waals surface area contributed by atoms with Gasteiger partial charge in [0.05, 0.1) is 6.54 Å². The maximum absolute atomic E-state index is 4.76. The van der Waals surface area contributed by atoms with Crippen molar-refractivity contribution >= 4 is 29.9 Å². The summed E-state index contributed by atoms with van der Waals surface area (Å²) < 4.78 is 0. The Kier molecular flexibility index (Phi) is 11.8. The molecule has 1 fully saturated rings. The lowest BCUT2D eigenvalue weighted by Gasteiger charge is -2.34. The number of nitrogens with one attached hydrogen (secondary N) is 2. The second-order valence-electron chi connectivity index (χ2n) is 6.84. The highest BCUT2D eigenvalue weighted by atomic mass is 127. The molecule has 0 bridgehead atoms. The topological polar surface area (TPSA) is 52.6 Å². The molecule has 2 heterocycles. The molecule has 1 aliphatic rings. The highest BCUT2D eigenvalue weighted by Crippen LogP contribution is 2.18. The SMILES string of the molecule is CCNC(=NCCN1CCCCC1CC)NCCc1ccc(C)nc1.I. The van der Waals surface area contributed by atoms with Crippen LogP contribution in [0.15, 0.2) is 23.3 Å². The molecule has 5 nitrogen and oxygen atoms in total. The number of rotatable bonds is 8. The van der Waals surface area contributed by atoms with Gasteiger partial charge in [-0.05, 0) is 57.7 Å². The Hall–Kier alpha value is -0.890. The number of hydrogen-bond donors (Lipinski definition) is 2. The van der Waals surface area contributed by atoms with Crippen molar-refractivity contribution in [2.24, 2.45) is 4.99 Å². The van der Waals surface area contributed by atoms with Gasteiger partial charge in [0.15, 0.2) is 5.96 Å². The molecule has 1 aromatic rings. The summed E-state index contributed by atoms with van der Waals surface area (Å²) in [6, 6.07) is 4.97. The molecule has 1 aromatic heterocycles. The van der Waals surface area contributed by atoms with Crippen LogP contribution in [0.1, 0.15) is 50.8 Å². The van der Waals surface area contributed by atoms with Crippen LogP contribution in [0, 0.1) is 6.92 Å². The van der Waals surface area contributed by atoms with Gasteiger partial charge in [-0.25, -0.2) is 0 Å². The van der Waals surface area contributed by atoms with E-state index < -0.39 is 0 Å². The molecule has 26 heavy (non-hydrogen) atoms. The first-order valence-electron chi connectivity index (χ1n) is 9.90. The first-order valence-corrected chi connectivity index (χ1v) is 9.90. The number of halogens is 1. The van der Waals surface area contributed by atoms with Crippen LogP contribution in [-0.4, -0.2) is 54.6 Å². The Morgan fingerprint density at radius 1 is 1.27 bits per heavy atom. The van der Waals surface area contributed by atoms with Gasteiger partial charge < -0.3 is 10.6 Å². The number of nitrogens with zero attached hydrogens (tertiary/aromatic N) is 3. The summed E-state index contributed by atoms with van der Waals surface area (Å²) in [6.45, 7) is 11.4. The van der Waals surface area contributed by atoms with Crippen LogP contribution in [0.25, 0.3) is 0 Å². The molecule has 148 valence electrons. The molecule has 0 saturated carbocycles. The quantitative estimate of drug-likeness (QED) is 0.346. The molecule has 0 amide bonds. The zero-order valence-corrected chi connectivity index (χ0v) is 19.0. The van der Waals surface area contributed by atoms with Crippen LogP contribution in [0.4, 0.5) is 0 Å². The number of hydrogen-bond acceptors (Lipinski definition) is 3. The minimum atomic E-state index is 0. The van der Waals surface area contributed by atoms with E-state index in [0.29, 0.717) is 0 Å². The fourth-order valence-electron chi connectivity index (χ4n) is 3.42. The van der Waals surface area contributed by atoms with Gasteiger partial charge in [0.2, 0.25) is 0 Å². The third-order valence-corrected chi connectivity index (χ3v) is 4.90. The Morgan fingerprint density at radius 3 is 2.81 bits per heavy atom. The van der Waals surface area contributed by atoms with Gasteiger partial charge in [0.25, 0.3) is 0 Å². The van der Waals surface area contributed by atoms with Crippen LogP contribution >= 0.6 is 24.0 Å². The van der Waals surface area contributed by atoms with Gasteiger partial charge in [0, 0.05) is 37.6 Å².